The molecule has 160 valence electrons. The summed E-state index contributed by atoms with van der Waals surface area (Å²) in [6, 6.07) is 0. The van der Waals surface area contributed by atoms with E-state index in [1.807, 2.05) is 10.8 Å². The Bertz CT molecular complexity index is 870. The van der Waals surface area contributed by atoms with Crippen molar-refractivity contribution in [1.82, 2.24) is 14.5 Å². The molecule has 0 aliphatic rings. The topological polar surface area (TPSA) is 95.8 Å². The van der Waals surface area contributed by atoms with E-state index in [2.05, 4.69) is 32.6 Å². The number of methoxy groups -OCH3 is 1. The fraction of sp³-hybridized carbons (Fsp3) is 0.579. The van der Waals surface area contributed by atoms with Crippen molar-refractivity contribution in [2.45, 2.75) is 59.3 Å². The summed E-state index contributed by atoms with van der Waals surface area (Å²) in [6.45, 7) is 11.4. The lowest BCUT2D eigenvalue weighted by atomic mass is 10.2. The Morgan fingerprint density at radius 3 is 2.10 bits per heavy atom. The van der Waals surface area contributed by atoms with Crippen LogP contribution in [0.15, 0.2) is 12.5 Å². The number of imide groups is 1. The Hall–Kier alpha value is -1.95. The van der Waals surface area contributed by atoms with Gasteiger partial charge in [0.15, 0.2) is 5.82 Å². The van der Waals surface area contributed by atoms with Crippen LogP contribution in [0.5, 0.6) is 0 Å². The summed E-state index contributed by atoms with van der Waals surface area (Å²) in [5, 5.41) is 0.556. The Kier molecular flexibility index (Phi) is 7.10. The maximum atomic E-state index is 12.9. The molecule has 2 aromatic rings. The number of carbonyl (C=O) groups excluding carboxylic acids is 2. The van der Waals surface area contributed by atoms with Gasteiger partial charge in [0.2, 0.25) is 0 Å². The van der Waals surface area contributed by atoms with Gasteiger partial charge in [0.1, 0.15) is 23.2 Å². The molecule has 0 saturated carbocycles. The van der Waals surface area contributed by atoms with E-state index in [0.29, 0.717) is 24.2 Å². The summed E-state index contributed by atoms with van der Waals surface area (Å²) in [7, 11) is 1.61. The van der Waals surface area contributed by atoms with Gasteiger partial charge in [-0.15, -0.1) is 0 Å². The maximum Gasteiger partial charge on any atom is 0.425 e. The highest BCUT2D eigenvalue weighted by atomic mass is 127. The lowest BCUT2D eigenvalue weighted by molar-refractivity contribution is 0.0429. The minimum atomic E-state index is -0.868. The van der Waals surface area contributed by atoms with Gasteiger partial charge in [-0.1, -0.05) is 0 Å². The molecule has 0 atom stereocenters. The van der Waals surface area contributed by atoms with Crippen LogP contribution >= 0.6 is 22.6 Å². The first-order chi connectivity index (χ1) is 13.3. The van der Waals surface area contributed by atoms with E-state index in [1.165, 1.54) is 6.33 Å². The molecule has 2 rings (SSSR count). The molecule has 0 aliphatic carbocycles. The largest absolute Gasteiger partial charge is 0.443 e. The third kappa shape index (κ3) is 6.01. The van der Waals surface area contributed by atoms with Gasteiger partial charge in [-0.3, -0.25) is 0 Å². The van der Waals surface area contributed by atoms with Gasteiger partial charge in [-0.25, -0.2) is 19.6 Å². The van der Waals surface area contributed by atoms with Crippen LogP contribution < -0.4 is 4.90 Å². The van der Waals surface area contributed by atoms with Gasteiger partial charge in [0, 0.05) is 23.4 Å². The van der Waals surface area contributed by atoms with Crippen LogP contribution in [0.2, 0.25) is 0 Å². The monoisotopic (exact) mass is 518 g/mol. The lowest BCUT2D eigenvalue weighted by Crippen LogP contribution is -2.44. The van der Waals surface area contributed by atoms with E-state index in [0.717, 1.165) is 8.47 Å². The SMILES string of the molecule is COCCn1cc(I)c2c(N(C(=O)OC(C)(C)C)C(=O)OC(C)(C)C)ncnc21. The second kappa shape index (κ2) is 8.82. The fourth-order valence-electron chi connectivity index (χ4n) is 2.45. The van der Waals surface area contributed by atoms with Crippen molar-refractivity contribution in [3.8, 4) is 0 Å². The van der Waals surface area contributed by atoms with Crippen LogP contribution in [-0.4, -0.2) is 51.6 Å². The number of rotatable bonds is 4. The highest BCUT2D eigenvalue weighted by Gasteiger charge is 2.35. The number of aromatic nitrogens is 3. The Morgan fingerprint density at radius 1 is 1.07 bits per heavy atom. The van der Waals surface area contributed by atoms with Crippen LogP contribution in [0.4, 0.5) is 15.4 Å². The van der Waals surface area contributed by atoms with Gasteiger partial charge in [0.25, 0.3) is 0 Å². The molecule has 0 aliphatic heterocycles. The highest BCUT2D eigenvalue weighted by molar-refractivity contribution is 14.1. The average Bonchev–Trinajstić information content (AvgIpc) is 2.86. The normalized spacial score (nSPS) is 12.1. The minimum Gasteiger partial charge on any atom is -0.443 e. The number of nitrogens with zero attached hydrogens (tertiary/aromatic N) is 4. The summed E-state index contributed by atoms with van der Waals surface area (Å²) >= 11 is 2.12. The summed E-state index contributed by atoms with van der Waals surface area (Å²) in [5.74, 6) is 0.110. The Labute approximate surface area is 183 Å². The molecule has 29 heavy (non-hydrogen) atoms. The van der Waals surface area contributed by atoms with E-state index in [-0.39, 0.29) is 5.82 Å². The summed E-state index contributed by atoms with van der Waals surface area (Å²) < 4.78 is 18.7. The lowest BCUT2D eigenvalue weighted by Gasteiger charge is -2.28. The number of amides is 2. The van der Waals surface area contributed by atoms with Crippen molar-refractivity contribution in [2.75, 3.05) is 18.6 Å². The molecule has 0 aromatic carbocycles. The predicted octanol–water partition coefficient (Wildman–Crippen LogP) is 4.36. The first-order valence-electron chi connectivity index (χ1n) is 9.08. The number of fused-ring (bicyclic) bond motifs is 1. The fourth-order valence-corrected chi connectivity index (χ4v) is 3.27. The molecule has 2 heterocycles. The maximum absolute atomic E-state index is 12.9. The molecule has 2 amide bonds. The third-order valence-electron chi connectivity index (χ3n) is 3.49. The second-order valence-corrected chi connectivity index (χ2v) is 9.52. The smallest absolute Gasteiger partial charge is 0.425 e. The summed E-state index contributed by atoms with van der Waals surface area (Å²) in [6.07, 6.45) is 1.43. The van der Waals surface area contributed by atoms with Crippen molar-refractivity contribution in [1.29, 1.82) is 0 Å². The number of carbonyl (C=O) groups is 2. The molecule has 0 N–H and O–H groups in total. The average molecular weight is 518 g/mol. The van der Waals surface area contributed by atoms with E-state index in [9.17, 15) is 9.59 Å². The van der Waals surface area contributed by atoms with Gasteiger partial charge in [-0.2, -0.15) is 4.90 Å². The first kappa shape index (κ1) is 23.3. The molecule has 9 nitrogen and oxygen atoms in total. The van der Waals surface area contributed by atoms with E-state index < -0.39 is 23.4 Å². The Balaban J connectivity index is 2.60. The number of halogens is 1. The molecule has 0 spiro atoms. The zero-order chi connectivity index (χ0) is 22.0. The van der Waals surface area contributed by atoms with Gasteiger partial charge in [-0.05, 0) is 64.1 Å². The zero-order valence-corrected chi connectivity index (χ0v) is 19.9. The molecule has 0 radical (unpaired) electrons. The van der Waals surface area contributed by atoms with Crippen molar-refractivity contribution in [3.63, 3.8) is 0 Å². The molecule has 0 fully saturated rings. The first-order valence-corrected chi connectivity index (χ1v) is 10.2. The predicted molar refractivity (Wildman–Crippen MR) is 117 cm³/mol. The number of hydrogen-bond donors (Lipinski definition) is 0. The molecule has 10 heteroatoms. The molecule has 0 unspecified atom stereocenters. The highest BCUT2D eigenvalue weighted by Crippen LogP contribution is 2.31. The van der Waals surface area contributed by atoms with Crippen LogP contribution in [-0.2, 0) is 20.8 Å². The van der Waals surface area contributed by atoms with E-state index >= 15 is 0 Å². The second-order valence-electron chi connectivity index (χ2n) is 8.36. The van der Waals surface area contributed by atoms with Gasteiger partial charge in [0.05, 0.1) is 12.0 Å². The minimum absolute atomic E-state index is 0.110. The summed E-state index contributed by atoms with van der Waals surface area (Å²) in [4.78, 5) is 35.2. The number of ether oxygens (including phenoxy) is 3. The van der Waals surface area contributed by atoms with Gasteiger partial charge < -0.3 is 18.8 Å². The molecule has 0 bridgehead atoms. The Morgan fingerprint density at radius 2 is 1.62 bits per heavy atom. The molecular formula is C19H27IN4O5. The molecular weight excluding hydrogens is 491 g/mol. The third-order valence-corrected chi connectivity index (χ3v) is 4.31. The van der Waals surface area contributed by atoms with E-state index in [4.69, 9.17) is 14.2 Å². The number of hydrogen-bond acceptors (Lipinski definition) is 7. The van der Waals surface area contributed by atoms with Crippen molar-refractivity contribution in [3.05, 3.63) is 16.1 Å². The van der Waals surface area contributed by atoms with Crippen molar-refractivity contribution in [2.24, 2.45) is 0 Å². The molecule has 0 saturated heterocycles. The van der Waals surface area contributed by atoms with Crippen molar-refractivity contribution >= 4 is 51.6 Å². The van der Waals surface area contributed by atoms with Crippen LogP contribution in [0.25, 0.3) is 11.0 Å². The quantitative estimate of drug-likeness (QED) is 0.555. The number of anilines is 1. The summed E-state index contributed by atoms with van der Waals surface area (Å²) in [5.41, 5.74) is -1.03. The standard InChI is InChI=1S/C19H27IN4O5/c1-18(2,3)28-16(25)24(17(26)29-19(4,5)6)15-13-12(20)10-23(8-9-27-7)14(13)21-11-22-15/h10-11H,8-9H2,1-7H3. The van der Waals surface area contributed by atoms with E-state index in [1.54, 1.807) is 48.7 Å². The van der Waals surface area contributed by atoms with Crippen LogP contribution in [0.1, 0.15) is 41.5 Å². The zero-order valence-electron chi connectivity index (χ0n) is 17.8. The van der Waals surface area contributed by atoms with Crippen molar-refractivity contribution < 1.29 is 23.8 Å². The van der Waals surface area contributed by atoms with Crippen LogP contribution in [0, 0.1) is 3.57 Å². The van der Waals surface area contributed by atoms with Gasteiger partial charge >= 0.3 is 12.2 Å². The van der Waals surface area contributed by atoms with Crippen LogP contribution in [0.3, 0.4) is 0 Å². The molecule has 2 aromatic heterocycles.